The maximum absolute atomic E-state index is 4.23. The molecule has 0 aromatic carbocycles. The highest BCUT2D eigenvalue weighted by molar-refractivity contribution is 4.81. The Hall–Kier alpha value is -0.900. The molecule has 0 fully saturated rings. The smallest absolute Gasteiger partial charge is 0.164 e. The first-order valence-corrected chi connectivity index (χ1v) is 6.16. The standard InChI is InChI=1S/C12H24N4/c1-10(2)6-5-7-11(3)13-8-12-14-9-16(4)15-12/h9-11,13H,5-8H2,1-4H3. The van der Waals surface area contributed by atoms with E-state index in [4.69, 9.17) is 0 Å². The molecule has 0 amide bonds. The molecule has 0 radical (unpaired) electrons. The van der Waals surface area contributed by atoms with Gasteiger partial charge in [0, 0.05) is 13.1 Å². The zero-order valence-electron chi connectivity index (χ0n) is 10.9. The molecule has 0 saturated heterocycles. The van der Waals surface area contributed by atoms with Gasteiger partial charge in [0.05, 0.1) is 6.54 Å². The Morgan fingerprint density at radius 1 is 1.31 bits per heavy atom. The van der Waals surface area contributed by atoms with E-state index in [1.165, 1.54) is 19.3 Å². The van der Waals surface area contributed by atoms with Crippen molar-refractivity contribution < 1.29 is 0 Å². The molecule has 0 bridgehead atoms. The van der Waals surface area contributed by atoms with Gasteiger partial charge in [-0.1, -0.05) is 26.7 Å². The molecule has 1 aromatic rings. The minimum absolute atomic E-state index is 0.544. The highest BCUT2D eigenvalue weighted by Crippen LogP contribution is 2.08. The Morgan fingerprint density at radius 3 is 2.62 bits per heavy atom. The van der Waals surface area contributed by atoms with Crippen molar-refractivity contribution in [3.8, 4) is 0 Å². The van der Waals surface area contributed by atoms with Crippen molar-refractivity contribution in [2.75, 3.05) is 0 Å². The van der Waals surface area contributed by atoms with E-state index in [9.17, 15) is 0 Å². The van der Waals surface area contributed by atoms with Gasteiger partial charge in [0.1, 0.15) is 6.33 Å². The number of hydrogen-bond donors (Lipinski definition) is 1. The van der Waals surface area contributed by atoms with Crippen molar-refractivity contribution in [2.45, 2.75) is 52.6 Å². The summed E-state index contributed by atoms with van der Waals surface area (Å²) in [4.78, 5) is 4.19. The van der Waals surface area contributed by atoms with Crippen molar-refractivity contribution >= 4 is 0 Å². The molecule has 0 aliphatic rings. The van der Waals surface area contributed by atoms with Gasteiger partial charge in [-0.25, -0.2) is 4.98 Å². The second kappa shape index (κ2) is 6.63. The van der Waals surface area contributed by atoms with Gasteiger partial charge in [0.15, 0.2) is 5.82 Å². The summed E-state index contributed by atoms with van der Waals surface area (Å²) < 4.78 is 1.74. The summed E-state index contributed by atoms with van der Waals surface area (Å²) in [7, 11) is 1.89. The summed E-state index contributed by atoms with van der Waals surface area (Å²) >= 11 is 0. The van der Waals surface area contributed by atoms with E-state index in [1.807, 2.05) is 7.05 Å². The van der Waals surface area contributed by atoms with Gasteiger partial charge in [-0.2, -0.15) is 5.10 Å². The van der Waals surface area contributed by atoms with Crippen LogP contribution >= 0.6 is 0 Å². The lowest BCUT2D eigenvalue weighted by Crippen LogP contribution is -2.26. The van der Waals surface area contributed by atoms with Gasteiger partial charge >= 0.3 is 0 Å². The molecule has 1 N–H and O–H groups in total. The minimum atomic E-state index is 0.544. The van der Waals surface area contributed by atoms with Gasteiger partial charge in [-0.05, 0) is 19.3 Å². The molecule has 1 aromatic heterocycles. The molecule has 0 spiro atoms. The Labute approximate surface area is 98.5 Å². The second-order valence-electron chi connectivity index (χ2n) is 4.94. The lowest BCUT2D eigenvalue weighted by atomic mass is 10.0. The first kappa shape index (κ1) is 13.2. The number of hydrogen-bond acceptors (Lipinski definition) is 3. The van der Waals surface area contributed by atoms with E-state index >= 15 is 0 Å². The molecule has 1 atom stereocenters. The summed E-state index contributed by atoms with van der Waals surface area (Å²) in [5.41, 5.74) is 0. The van der Waals surface area contributed by atoms with Crippen molar-refractivity contribution in [1.82, 2.24) is 20.1 Å². The number of nitrogens with zero attached hydrogens (tertiary/aromatic N) is 3. The minimum Gasteiger partial charge on any atom is -0.307 e. The van der Waals surface area contributed by atoms with Gasteiger partial charge < -0.3 is 5.32 Å². The Balaban J connectivity index is 2.12. The van der Waals surface area contributed by atoms with Crippen LogP contribution in [0.3, 0.4) is 0 Å². The Kier molecular flexibility index (Phi) is 5.46. The van der Waals surface area contributed by atoms with Crippen molar-refractivity contribution in [3.63, 3.8) is 0 Å². The van der Waals surface area contributed by atoms with Crippen LogP contribution in [0.25, 0.3) is 0 Å². The van der Waals surface area contributed by atoms with Crippen LogP contribution in [0.15, 0.2) is 6.33 Å². The van der Waals surface area contributed by atoms with Crippen LogP contribution in [-0.4, -0.2) is 20.8 Å². The third-order valence-electron chi connectivity index (χ3n) is 2.67. The normalized spacial score (nSPS) is 13.3. The number of aryl methyl sites for hydroxylation is 1. The number of aromatic nitrogens is 3. The lowest BCUT2D eigenvalue weighted by Gasteiger charge is -2.13. The summed E-state index contributed by atoms with van der Waals surface area (Å²) in [6.45, 7) is 7.54. The SMILES string of the molecule is CC(C)CCCC(C)NCc1ncn(C)n1. The van der Waals surface area contributed by atoms with E-state index in [0.717, 1.165) is 18.3 Å². The maximum atomic E-state index is 4.23. The fourth-order valence-corrected chi connectivity index (χ4v) is 1.66. The highest BCUT2D eigenvalue weighted by Gasteiger charge is 2.04. The molecule has 1 rings (SSSR count). The zero-order valence-corrected chi connectivity index (χ0v) is 10.9. The number of rotatable bonds is 7. The van der Waals surface area contributed by atoms with E-state index in [-0.39, 0.29) is 0 Å². The van der Waals surface area contributed by atoms with Crippen LogP contribution in [-0.2, 0) is 13.6 Å². The summed E-state index contributed by atoms with van der Waals surface area (Å²) in [6, 6.07) is 0.544. The van der Waals surface area contributed by atoms with E-state index in [2.05, 4.69) is 36.2 Å². The predicted molar refractivity (Wildman–Crippen MR) is 66.0 cm³/mol. The summed E-state index contributed by atoms with van der Waals surface area (Å²) in [5, 5.41) is 7.68. The third kappa shape index (κ3) is 5.26. The van der Waals surface area contributed by atoms with Crippen LogP contribution in [0.1, 0.15) is 45.9 Å². The summed E-state index contributed by atoms with van der Waals surface area (Å²) in [5.74, 6) is 1.68. The lowest BCUT2D eigenvalue weighted by molar-refractivity contribution is 0.452. The average molecular weight is 224 g/mol. The second-order valence-corrected chi connectivity index (χ2v) is 4.94. The van der Waals surface area contributed by atoms with E-state index < -0.39 is 0 Å². The van der Waals surface area contributed by atoms with Crippen LogP contribution in [0.4, 0.5) is 0 Å². The molecular formula is C12H24N4. The first-order valence-electron chi connectivity index (χ1n) is 6.16. The molecule has 0 aliphatic heterocycles. The maximum Gasteiger partial charge on any atom is 0.164 e. The van der Waals surface area contributed by atoms with Gasteiger partial charge in [-0.3, -0.25) is 4.68 Å². The molecule has 1 unspecified atom stereocenters. The summed E-state index contributed by atoms with van der Waals surface area (Å²) in [6.07, 6.45) is 5.57. The molecular weight excluding hydrogens is 200 g/mol. The third-order valence-corrected chi connectivity index (χ3v) is 2.67. The van der Waals surface area contributed by atoms with Gasteiger partial charge in [0.25, 0.3) is 0 Å². The average Bonchev–Trinajstić information content (AvgIpc) is 2.61. The Bertz CT molecular complexity index is 293. The van der Waals surface area contributed by atoms with Crippen molar-refractivity contribution in [1.29, 1.82) is 0 Å². The molecule has 4 nitrogen and oxygen atoms in total. The van der Waals surface area contributed by atoms with Gasteiger partial charge in [-0.15, -0.1) is 0 Å². The molecule has 16 heavy (non-hydrogen) atoms. The van der Waals surface area contributed by atoms with Crippen molar-refractivity contribution in [2.24, 2.45) is 13.0 Å². The number of nitrogens with one attached hydrogen (secondary N) is 1. The largest absolute Gasteiger partial charge is 0.307 e. The highest BCUT2D eigenvalue weighted by atomic mass is 15.3. The van der Waals surface area contributed by atoms with Crippen LogP contribution in [0.2, 0.25) is 0 Å². The molecule has 92 valence electrons. The fraction of sp³-hybridized carbons (Fsp3) is 0.833. The monoisotopic (exact) mass is 224 g/mol. The van der Waals surface area contributed by atoms with E-state index in [0.29, 0.717) is 6.04 Å². The van der Waals surface area contributed by atoms with Crippen LogP contribution < -0.4 is 5.32 Å². The topological polar surface area (TPSA) is 42.7 Å². The predicted octanol–water partition coefficient (Wildman–Crippen LogP) is 2.12. The van der Waals surface area contributed by atoms with E-state index in [1.54, 1.807) is 11.0 Å². The van der Waals surface area contributed by atoms with Gasteiger partial charge in [0.2, 0.25) is 0 Å². The molecule has 0 aliphatic carbocycles. The Morgan fingerprint density at radius 2 is 2.06 bits per heavy atom. The fourth-order valence-electron chi connectivity index (χ4n) is 1.66. The van der Waals surface area contributed by atoms with Crippen LogP contribution in [0.5, 0.6) is 0 Å². The molecule has 0 saturated carbocycles. The molecule has 1 heterocycles. The van der Waals surface area contributed by atoms with Crippen molar-refractivity contribution in [3.05, 3.63) is 12.2 Å². The molecule has 4 heteroatoms. The van der Waals surface area contributed by atoms with Crippen LogP contribution in [0, 0.1) is 5.92 Å². The quantitative estimate of drug-likeness (QED) is 0.771. The zero-order chi connectivity index (χ0) is 12.0. The first-order chi connectivity index (χ1) is 7.58.